The average Bonchev–Trinajstić information content (AvgIpc) is 3.23. The van der Waals surface area contributed by atoms with Gasteiger partial charge in [0.05, 0.1) is 17.0 Å². The highest BCUT2D eigenvalue weighted by molar-refractivity contribution is 7.71. The summed E-state index contributed by atoms with van der Waals surface area (Å²) < 4.78 is 2.31. The standard InChI is InChI=1S/C17H16N6O3S2/c1-3-7-22-14(20-21-17(22)27)8-11-9-28-16(18-11)19-15(24)12-5-4-6-13(10(12)2)23(25)26/h3-6,9H,1,7-8H2,2H3,(H,21,27)(H,18,19,24). The van der Waals surface area contributed by atoms with E-state index in [0.29, 0.717) is 34.3 Å². The number of nitrogens with zero attached hydrogens (tertiary/aromatic N) is 4. The van der Waals surface area contributed by atoms with Crippen LogP contribution in [0.2, 0.25) is 0 Å². The lowest BCUT2D eigenvalue weighted by atomic mass is 10.1. The minimum absolute atomic E-state index is 0.0995. The molecule has 0 bridgehead atoms. The van der Waals surface area contributed by atoms with E-state index in [1.807, 2.05) is 9.95 Å². The predicted octanol–water partition coefficient (Wildman–Crippen LogP) is 3.64. The van der Waals surface area contributed by atoms with E-state index in [4.69, 9.17) is 12.2 Å². The van der Waals surface area contributed by atoms with Crippen molar-refractivity contribution in [1.29, 1.82) is 0 Å². The summed E-state index contributed by atoms with van der Waals surface area (Å²) in [5.41, 5.74) is 1.16. The number of nitrogens with one attached hydrogen (secondary N) is 2. The molecular formula is C17H16N6O3S2. The summed E-state index contributed by atoms with van der Waals surface area (Å²) in [7, 11) is 0. The number of aromatic nitrogens is 4. The molecular weight excluding hydrogens is 400 g/mol. The summed E-state index contributed by atoms with van der Waals surface area (Å²) >= 11 is 6.45. The zero-order valence-corrected chi connectivity index (χ0v) is 16.5. The fourth-order valence-electron chi connectivity index (χ4n) is 2.64. The molecule has 0 aliphatic carbocycles. The molecule has 0 aliphatic heterocycles. The molecule has 0 aliphatic rings. The average molecular weight is 416 g/mol. The van der Waals surface area contributed by atoms with Gasteiger partial charge >= 0.3 is 0 Å². The molecule has 0 saturated heterocycles. The fraction of sp³-hybridized carbons (Fsp3) is 0.176. The Balaban J connectivity index is 1.76. The number of nitro benzene ring substituents is 1. The second-order valence-electron chi connectivity index (χ2n) is 5.83. The Hall–Kier alpha value is -3.18. The molecule has 144 valence electrons. The maximum Gasteiger partial charge on any atom is 0.273 e. The molecule has 1 aromatic carbocycles. The third-order valence-corrected chi connectivity index (χ3v) is 5.13. The first-order valence-corrected chi connectivity index (χ1v) is 9.44. The van der Waals surface area contributed by atoms with Crippen molar-refractivity contribution < 1.29 is 9.72 Å². The number of benzene rings is 1. The van der Waals surface area contributed by atoms with Gasteiger partial charge < -0.3 is 0 Å². The van der Waals surface area contributed by atoms with E-state index in [2.05, 4.69) is 27.1 Å². The Morgan fingerprint density at radius 3 is 3.04 bits per heavy atom. The van der Waals surface area contributed by atoms with Gasteiger partial charge in [-0.25, -0.2) is 4.98 Å². The van der Waals surface area contributed by atoms with Crippen LogP contribution in [-0.4, -0.2) is 30.6 Å². The summed E-state index contributed by atoms with van der Waals surface area (Å²) in [5.74, 6) is 0.263. The van der Waals surface area contributed by atoms with Gasteiger partial charge in [-0.1, -0.05) is 12.1 Å². The van der Waals surface area contributed by atoms with Crippen molar-refractivity contribution in [3.8, 4) is 0 Å². The number of thiazole rings is 1. The van der Waals surface area contributed by atoms with Crippen molar-refractivity contribution in [2.24, 2.45) is 0 Å². The van der Waals surface area contributed by atoms with E-state index in [1.165, 1.54) is 23.5 Å². The highest BCUT2D eigenvalue weighted by atomic mass is 32.1. The Bertz CT molecular complexity index is 1110. The smallest absolute Gasteiger partial charge is 0.273 e. The Kier molecular flexibility index (Phi) is 5.76. The highest BCUT2D eigenvalue weighted by Crippen LogP contribution is 2.23. The van der Waals surface area contributed by atoms with Crippen LogP contribution in [0.3, 0.4) is 0 Å². The lowest BCUT2D eigenvalue weighted by molar-refractivity contribution is -0.385. The largest absolute Gasteiger partial charge is 0.300 e. The van der Waals surface area contributed by atoms with Gasteiger partial charge in [-0.2, -0.15) is 5.10 Å². The molecule has 11 heteroatoms. The normalized spacial score (nSPS) is 10.6. The number of H-pyrrole nitrogens is 1. The molecule has 3 aromatic rings. The van der Waals surface area contributed by atoms with Crippen molar-refractivity contribution in [3.05, 3.63) is 73.8 Å². The third kappa shape index (κ3) is 4.05. The number of carbonyl (C=O) groups excluding carboxylic acids is 1. The molecule has 2 N–H and O–H groups in total. The third-order valence-electron chi connectivity index (χ3n) is 4.01. The molecule has 1 amide bonds. The number of rotatable bonds is 7. The quantitative estimate of drug-likeness (QED) is 0.263. The van der Waals surface area contributed by atoms with E-state index >= 15 is 0 Å². The van der Waals surface area contributed by atoms with Gasteiger partial charge in [0.15, 0.2) is 9.90 Å². The number of amides is 1. The van der Waals surface area contributed by atoms with Crippen LogP contribution >= 0.6 is 23.6 Å². The molecule has 9 nitrogen and oxygen atoms in total. The van der Waals surface area contributed by atoms with Crippen molar-refractivity contribution in [2.45, 2.75) is 19.9 Å². The molecule has 0 saturated carbocycles. The molecule has 0 radical (unpaired) electrons. The number of allylic oxidation sites excluding steroid dienone is 1. The summed E-state index contributed by atoms with van der Waals surface area (Å²) in [6, 6.07) is 4.39. The van der Waals surface area contributed by atoms with Crippen molar-refractivity contribution >= 4 is 40.3 Å². The number of hydrogen-bond acceptors (Lipinski definition) is 7. The van der Waals surface area contributed by atoms with Gasteiger partial charge in [0, 0.05) is 29.1 Å². The maximum atomic E-state index is 12.5. The van der Waals surface area contributed by atoms with Crippen LogP contribution in [0.25, 0.3) is 0 Å². The van der Waals surface area contributed by atoms with Crippen LogP contribution in [-0.2, 0) is 13.0 Å². The van der Waals surface area contributed by atoms with Crippen LogP contribution in [0.15, 0.2) is 36.2 Å². The lowest BCUT2D eigenvalue weighted by Crippen LogP contribution is -2.14. The highest BCUT2D eigenvalue weighted by Gasteiger charge is 2.19. The zero-order valence-electron chi connectivity index (χ0n) is 14.8. The molecule has 3 rings (SSSR count). The van der Waals surface area contributed by atoms with Crippen LogP contribution in [0, 0.1) is 21.8 Å². The van der Waals surface area contributed by atoms with Crippen molar-refractivity contribution in [3.63, 3.8) is 0 Å². The van der Waals surface area contributed by atoms with E-state index < -0.39 is 10.8 Å². The second kappa shape index (κ2) is 8.23. The molecule has 2 aromatic heterocycles. The van der Waals surface area contributed by atoms with E-state index in [-0.39, 0.29) is 11.3 Å². The first kappa shape index (κ1) is 19.6. The first-order valence-electron chi connectivity index (χ1n) is 8.15. The van der Waals surface area contributed by atoms with Gasteiger partial charge in [0.1, 0.15) is 5.82 Å². The van der Waals surface area contributed by atoms with Crippen molar-refractivity contribution in [1.82, 2.24) is 19.7 Å². The molecule has 0 fully saturated rings. The zero-order chi connectivity index (χ0) is 20.3. The molecule has 0 spiro atoms. The summed E-state index contributed by atoms with van der Waals surface area (Å²) in [5, 5.41) is 22.9. The van der Waals surface area contributed by atoms with Gasteiger partial charge in [0.2, 0.25) is 0 Å². The maximum absolute atomic E-state index is 12.5. The van der Waals surface area contributed by atoms with Crippen LogP contribution in [0.5, 0.6) is 0 Å². The van der Waals surface area contributed by atoms with Crippen LogP contribution in [0.1, 0.15) is 27.4 Å². The van der Waals surface area contributed by atoms with Gasteiger partial charge in [-0.05, 0) is 25.2 Å². The molecule has 28 heavy (non-hydrogen) atoms. The molecule has 2 heterocycles. The number of aromatic amines is 1. The fourth-order valence-corrected chi connectivity index (χ4v) is 3.57. The first-order chi connectivity index (χ1) is 13.4. The molecule has 0 unspecified atom stereocenters. The van der Waals surface area contributed by atoms with E-state index in [1.54, 1.807) is 19.1 Å². The Morgan fingerprint density at radius 2 is 2.32 bits per heavy atom. The summed E-state index contributed by atoms with van der Waals surface area (Å²) in [6.07, 6.45) is 2.16. The minimum Gasteiger partial charge on any atom is -0.300 e. The lowest BCUT2D eigenvalue weighted by Gasteiger charge is -2.05. The topological polar surface area (TPSA) is 119 Å². The number of hydrogen-bond donors (Lipinski definition) is 2. The molecule has 0 atom stereocenters. The van der Waals surface area contributed by atoms with Crippen LogP contribution < -0.4 is 5.32 Å². The monoisotopic (exact) mass is 416 g/mol. The predicted molar refractivity (Wildman–Crippen MR) is 108 cm³/mol. The second-order valence-corrected chi connectivity index (χ2v) is 7.07. The SMILES string of the molecule is C=CCn1c(Cc2csc(NC(=O)c3cccc([N+](=O)[O-])c3C)n2)n[nH]c1=S. The number of nitro groups is 1. The van der Waals surface area contributed by atoms with Gasteiger partial charge in [-0.15, -0.1) is 17.9 Å². The summed E-state index contributed by atoms with van der Waals surface area (Å²) in [6.45, 7) is 5.78. The Labute approximate surface area is 168 Å². The van der Waals surface area contributed by atoms with E-state index in [0.717, 1.165) is 5.69 Å². The number of carbonyl (C=O) groups is 1. The minimum atomic E-state index is -0.511. The van der Waals surface area contributed by atoms with Crippen LogP contribution in [0.4, 0.5) is 10.8 Å². The van der Waals surface area contributed by atoms with Gasteiger partial charge in [-0.3, -0.25) is 29.9 Å². The summed E-state index contributed by atoms with van der Waals surface area (Å²) in [4.78, 5) is 27.4. The van der Waals surface area contributed by atoms with E-state index in [9.17, 15) is 14.9 Å². The number of anilines is 1. The van der Waals surface area contributed by atoms with Gasteiger partial charge in [0.25, 0.3) is 11.6 Å². The Morgan fingerprint density at radius 1 is 1.54 bits per heavy atom. The van der Waals surface area contributed by atoms with Crippen molar-refractivity contribution in [2.75, 3.05) is 5.32 Å².